The molecule has 152 valence electrons. The van der Waals surface area contributed by atoms with Crippen molar-refractivity contribution in [3.8, 4) is 0 Å². The Hall–Kier alpha value is -1.77. The van der Waals surface area contributed by atoms with Gasteiger partial charge in [0.15, 0.2) is 5.13 Å². The molecule has 1 saturated heterocycles. The first-order chi connectivity index (χ1) is 13.6. The number of hydrogen-bond acceptors (Lipinski definition) is 7. The van der Waals surface area contributed by atoms with Gasteiger partial charge in [0.1, 0.15) is 0 Å². The molecule has 0 radical (unpaired) electrons. The second kappa shape index (κ2) is 8.71. The molecule has 1 N–H and O–H groups in total. The summed E-state index contributed by atoms with van der Waals surface area (Å²) in [6.07, 6.45) is 4.45. The highest BCUT2D eigenvalue weighted by Gasteiger charge is 2.23. The van der Waals surface area contributed by atoms with E-state index in [-0.39, 0.29) is 5.56 Å². The first kappa shape index (κ1) is 19.5. The zero-order chi connectivity index (χ0) is 19.5. The van der Waals surface area contributed by atoms with Gasteiger partial charge in [0.05, 0.1) is 31.1 Å². The van der Waals surface area contributed by atoms with Gasteiger partial charge in [-0.2, -0.15) is 5.10 Å². The molecule has 0 spiro atoms. The van der Waals surface area contributed by atoms with Crippen LogP contribution in [0, 0.1) is 13.8 Å². The molecule has 1 atom stereocenters. The van der Waals surface area contributed by atoms with Gasteiger partial charge < -0.3 is 10.1 Å². The number of aromatic nitrogens is 3. The summed E-state index contributed by atoms with van der Waals surface area (Å²) in [5.74, 6) is 0. The normalized spacial score (nSPS) is 20.1. The van der Waals surface area contributed by atoms with E-state index in [9.17, 15) is 4.79 Å². The van der Waals surface area contributed by atoms with Crippen LogP contribution >= 0.6 is 11.3 Å². The molecule has 0 amide bonds. The lowest BCUT2D eigenvalue weighted by atomic mass is 10.0. The number of thiazole rings is 1. The topological polar surface area (TPSA) is 72.3 Å². The van der Waals surface area contributed by atoms with Crippen molar-refractivity contribution < 1.29 is 4.74 Å². The van der Waals surface area contributed by atoms with E-state index in [4.69, 9.17) is 4.74 Å². The van der Waals surface area contributed by atoms with E-state index in [2.05, 4.69) is 34.1 Å². The lowest BCUT2D eigenvalue weighted by molar-refractivity contribution is 0.107. The average molecular weight is 404 g/mol. The molecule has 0 aliphatic carbocycles. The van der Waals surface area contributed by atoms with Crippen molar-refractivity contribution in [1.29, 1.82) is 0 Å². The van der Waals surface area contributed by atoms with Gasteiger partial charge in [-0.1, -0.05) is 6.42 Å². The standard InChI is InChI=1S/C20H29N5O2S/c1-14-15(2)28-20(22-14)21-12-17-5-3-4-7-24(17)8-9-25-19(26)11-16-13-27-10-6-18(16)23-25/h11,17H,3-10,12-13H2,1-2H3,(H,21,22). The fraction of sp³-hybridized carbons (Fsp3) is 0.650. The predicted octanol–water partition coefficient (Wildman–Crippen LogP) is 2.36. The van der Waals surface area contributed by atoms with Crippen molar-refractivity contribution in [2.75, 3.05) is 31.6 Å². The maximum atomic E-state index is 12.4. The Morgan fingerprint density at radius 2 is 2.21 bits per heavy atom. The molecular weight excluding hydrogens is 374 g/mol. The molecule has 1 fully saturated rings. The summed E-state index contributed by atoms with van der Waals surface area (Å²) in [4.78, 5) is 20.8. The van der Waals surface area contributed by atoms with Crippen LogP contribution in [0.5, 0.6) is 0 Å². The Morgan fingerprint density at radius 1 is 1.32 bits per heavy atom. The predicted molar refractivity (Wildman–Crippen MR) is 111 cm³/mol. The van der Waals surface area contributed by atoms with Gasteiger partial charge in [-0.05, 0) is 33.2 Å². The summed E-state index contributed by atoms with van der Waals surface area (Å²) in [5, 5.41) is 9.14. The lowest BCUT2D eigenvalue weighted by Gasteiger charge is -2.35. The minimum atomic E-state index is -0.0235. The molecule has 1 unspecified atom stereocenters. The van der Waals surface area contributed by atoms with Crippen LogP contribution in [0.25, 0.3) is 0 Å². The maximum Gasteiger partial charge on any atom is 0.267 e. The smallest absolute Gasteiger partial charge is 0.267 e. The van der Waals surface area contributed by atoms with Crippen molar-refractivity contribution >= 4 is 16.5 Å². The minimum Gasteiger partial charge on any atom is -0.376 e. The minimum absolute atomic E-state index is 0.0235. The van der Waals surface area contributed by atoms with E-state index in [1.165, 1.54) is 24.1 Å². The van der Waals surface area contributed by atoms with E-state index < -0.39 is 0 Å². The van der Waals surface area contributed by atoms with Gasteiger partial charge in [0.25, 0.3) is 5.56 Å². The number of anilines is 1. The molecule has 4 rings (SSSR count). The molecular formula is C20H29N5O2S. The number of nitrogens with one attached hydrogen (secondary N) is 1. The number of likely N-dealkylation sites (tertiary alicyclic amines) is 1. The Bertz CT molecular complexity index is 858. The molecule has 8 heteroatoms. The molecule has 0 bridgehead atoms. The zero-order valence-electron chi connectivity index (χ0n) is 16.7. The van der Waals surface area contributed by atoms with Crippen LogP contribution in [0.15, 0.2) is 10.9 Å². The Kier molecular flexibility index (Phi) is 6.08. The molecule has 2 aromatic heterocycles. The Morgan fingerprint density at radius 3 is 3.04 bits per heavy atom. The highest BCUT2D eigenvalue weighted by Crippen LogP contribution is 2.23. The third-order valence-corrected chi connectivity index (χ3v) is 6.80. The summed E-state index contributed by atoms with van der Waals surface area (Å²) in [7, 11) is 0. The molecule has 2 aliphatic heterocycles. The molecule has 28 heavy (non-hydrogen) atoms. The fourth-order valence-electron chi connectivity index (χ4n) is 3.97. The third-order valence-electron chi connectivity index (χ3n) is 5.77. The number of rotatable bonds is 6. The van der Waals surface area contributed by atoms with E-state index >= 15 is 0 Å². The van der Waals surface area contributed by atoms with Gasteiger partial charge in [0.2, 0.25) is 0 Å². The highest BCUT2D eigenvalue weighted by molar-refractivity contribution is 7.15. The number of aryl methyl sites for hydroxylation is 2. The summed E-state index contributed by atoms with van der Waals surface area (Å²) in [6.45, 7) is 8.83. The van der Waals surface area contributed by atoms with Crippen LogP contribution in [-0.2, 0) is 24.3 Å². The van der Waals surface area contributed by atoms with Gasteiger partial charge in [0, 0.05) is 42.1 Å². The second-order valence-corrected chi connectivity index (χ2v) is 8.91. The SMILES string of the molecule is Cc1nc(NCC2CCCCN2CCn2nc3c(cc2=O)COCC3)sc1C. The number of piperidine rings is 1. The monoisotopic (exact) mass is 403 g/mol. The van der Waals surface area contributed by atoms with Crippen molar-refractivity contribution in [2.24, 2.45) is 0 Å². The quantitative estimate of drug-likeness (QED) is 0.798. The van der Waals surface area contributed by atoms with Gasteiger partial charge in [-0.3, -0.25) is 9.69 Å². The summed E-state index contributed by atoms with van der Waals surface area (Å²) >= 11 is 1.72. The van der Waals surface area contributed by atoms with Crippen LogP contribution in [-0.4, -0.2) is 51.9 Å². The Labute approximate surface area is 169 Å². The van der Waals surface area contributed by atoms with Gasteiger partial charge >= 0.3 is 0 Å². The number of nitrogens with zero attached hydrogens (tertiary/aromatic N) is 4. The average Bonchev–Trinajstić information content (AvgIpc) is 3.03. The molecule has 2 aromatic rings. The van der Waals surface area contributed by atoms with Crippen molar-refractivity contribution in [3.63, 3.8) is 0 Å². The van der Waals surface area contributed by atoms with E-state index in [0.717, 1.165) is 48.1 Å². The molecule has 2 aliphatic rings. The van der Waals surface area contributed by atoms with Gasteiger partial charge in [-0.25, -0.2) is 9.67 Å². The van der Waals surface area contributed by atoms with E-state index in [1.54, 1.807) is 22.1 Å². The summed E-state index contributed by atoms with van der Waals surface area (Å²) in [5.41, 5.74) is 3.04. The van der Waals surface area contributed by atoms with E-state index in [0.29, 0.717) is 25.8 Å². The maximum absolute atomic E-state index is 12.4. The van der Waals surface area contributed by atoms with Crippen LogP contribution < -0.4 is 10.9 Å². The second-order valence-electron chi connectivity index (χ2n) is 7.71. The number of hydrogen-bond donors (Lipinski definition) is 1. The van der Waals surface area contributed by atoms with Crippen molar-refractivity contribution in [1.82, 2.24) is 19.7 Å². The highest BCUT2D eigenvalue weighted by atomic mass is 32.1. The molecule has 4 heterocycles. The van der Waals surface area contributed by atoms with E-state index in [1.807, 2.05) is 0 Å². The number of fused-ring (bicyclic) bond motifs is 1. The lowest BCUT2D eigenvalue weighted by Crippen LogP contribution is -2.45. The van der Waals surface area contributed by atoms with Crippen LogP contribution in [0.3, 0.4) is 0 Å². The summed E-state index contributed by atoms with van der Waals surface area (Å²) in [6, 6.07) is 2.17. The first-order valence-corrected chi connectivity index (χ1v) is 11.0. The zero-order valence-corrected chi connectivity index (χ0v) is 17.6. The third kappa shape index (κ3) is 4.45. The summed E-state index contributed by atoms with van der Waals surface area (Å²) < 4.78 is 7.06. The van der Waals surface area contributed by atoms with Crippen molar-refractivity contribution in [2.45, 2.75) is 58.7 Å². The largest absolute Gasteiger partial charge is 0.376 e. The molecule has 0 saturated carbocycles. The van der Waals surface area contributed by atoms with Crippen LogP contribution in [0.1, 0.15) is 41.1 Å². The van der Waals surface area contributed by atoms with Crippen molar-refractivity contribution in [3.05, 3.63) is 38.2 Å². The van der Waals surface area contributed by atoms with Gasteiger partial charge in [-0.15, -0.1) is 11.3 Å². The Balaban J connectivity index is 1.37. The number of ether oxygens (including phenoxy) is 1. The molecule has 7 nitrogen and oxygen atoms in total. The molecule has 0 aromatic carbocycles. The fourth-order valence-corrected chi connectivity index (χ4v) is 4.80. The van der Waals surface area contributed by atoms with Crippen LogP contribution in [0.4, 0.5) is 5.13 Å². The van der Waals surface area contributed by atoms with Crippen LogP contribution in [0.2, 0.25) is 0 Å². The first-order valence-electron chi connectivity index (χ1n) is 10.2.